The van der Waals surface area contributed by atoms with Gasteiger partial charge in [-0.25, -0.2) is 14.1 Å². The molecule has 3 aromatic rings. The van der Waals surface area contributed by atoms with Gasteiger partial charge >= 0.3 is 12.2 Å². The highest BCUT2D eigenvalue weighted by molar-refractivity contribution is 7.11. The lowest BCUT2D eigenvalue weighted by Gasteiger charge is -2.28. The summed E-state index contributed by atoms with van der Waals surface area (Å²) in [6.45, 7) is 2.60. The van der Waals surface area contributed by atoms with Crippen LogP contribution in [0.3, 0.4) is 0 Å². The molecule has 1 fully saturated rings. The maximum atomic E-state index is 14.9. The molecule has 4 amide bonds. The third-order valence-corrected chi connectivity index (χ3v) is 6.52. The van der Waals surface area contributed by atoms with Crippen LogP contribution in [0.1, 0.15) is 40.2 Å². The van der Waals surface area contributed by atoms with E-state index >= 15 is 0 Å². The quantitative estimate of drug-likeness (QED) is 0.374. The molecule has 0 unspecified atom stereocenters. The Bertz CT molecular complexity index is 1450. The smallest absolute Gasteiger partial charge is 0.347 e. The summed E-state index contributed by atoms with van der Waals surface area (Å²) in [5, 5.41) is 11.6. The summed E-state index contributed by atoms with van der Waals surface area (Å²) in [5.41, 5.74) is -2.32. The minimum absolute atomic E-state index is 0.00873. The maximum absolute atomic E-state index is 14.9. The predicted octanol–water partition coefficient (Wildman–Crippen LogP) is 4.85. The van der Waals surface area contributed by atoms with Gasteiger partial charge in [0.05, 0.1) is 34.6 Å². The Hall–Kier alpha value is -4.31. The van der Waals surface area contributed by atoms with E-state index in [0.717, 1.165) is 34.4 Å². The Morgan fingerprint density at radius 2 is 1.86 bits per heavy atom. The number of halogens is 4. The molecule has 0 bridgehead atoms. The molecule has 0 radical (unpaired) electrons. The Balaban J connectivity index is 1.63. The zero-order chi connectivity index (χ0) is 27.1. The van der Waals surface area contributed by atoms with E-state index in [2.05, 4.69) is 10.3 Å². The summed E-state index contributed by atoms with van der Waals surface area (Å²) in [4.78, 5) is 44.2. The molecule has 1 aliphatic heterocycles. The van der Waals surface area contributed by atoms with Gasteiger partial charge in [-0.1, -0.05) is 6.07 Å². The summed E-state index contributed by atoms with van der Waals surface area (Å²) in [7, 11) is 0. The van der Waals surface area contributed by atoms with Crippen LogP contribution in [0.5, 0.6) is 0 Å². The van der Waals surface area contributed by atoms with Crippen molar-refractivity contribution in [2.75, 3.05) is 9.80 Å². The number of nitrogens with zero attached hydrogens (tertiary/aromatic N) is 4. The molecule has 0 spiro atoms. The Labute approximate surface area is 211 Å². The minimum Gasteiger partial charge on any atom is -0.347 e. The molecule has 13 heteroatoms. The van der Waals surface area contributed by atoms with Crippen LogP contribution in [0.4, 0.5) is 33.7 Å². The third kappa shape index (κ3) is 4.63. The number of anilines is 2. The Kier molecular flexibility index (Phi) is 6.47. The molecule has 4 rings (SSSR count). The van der Waals surface area contributed by atoms with E-state index in [4.69, 9.17) is 5.26 Å². The molecule has 190 valence electrons. The second kappa shape index (κ2) is 9.29. The van der Waals surface area contributed by atoms with Gasteiger partial charge in [0, 0.05) is 17.8 Å². The average molecular weight is 531 g/mol. The van der Waals surface area contributed by atoms with Crippen molar-refractivity contribution in [1.29, 1.82) is 5.26 Å². The fourth-order valence-electron chi connectivity index (χ4n) is 3.87. The number of rotatable bonds is 5. The van der Waals surface area contributed by atoms with E-state index in [-0.39, 0.29) is 23.5 Å². The number of benzene rings is 2. The topological polar surface area (TPSA) is 106 Å². The molecule has 0 aliphatic carbocycles. The lowest BCUT2D eigenvalue weighted by atomic mass is 10.0. The van der Waals surface area contributed by atoms with Crippen LogP contribution >= 0.6 is 11.3 Å². The molecule has 8 nitrogen and oxygen atoms in total. The number of amides is 4. The van der Waals surface area contributed by atoms with E-state index in [1.807, 2.05) is 0 Å². The zero-order valence-corrected chi connectivity index (χ0v) is 20.1. The van der Waals surface area contributed by atoms with E-state index in [1.54, 1.807) is 0 Å². The summed E-state index contributed by atoms with van der Waals surface area (Å²) < 4.78 is 55.2. The fraction of sp³-hybridized carbons (Fsp3) is 0.208. The van der Waals surface area contributed by atoms with Crippen molar-refractivity contribution in [2.24, 2.45) is 0 Å². The monoisotopic (exact) mass is 531 g/mol. The molecule has 2 heterocycles. The summed E-state index contributed by atoms with van der Waals surface area (Å²) in [6.07, 6.45) is -3.52. The number of hydrogen-bond donors (Lipinski definition) is 1. The van der Waals surface area contributed by atoms with Crippen molar-refractivity contribution < 1.29 is 31.9 Å². The lowest BCUT2D eigenvalue weighted by Crippen LogP contribution is -2.44. The second-order valence-corrected chi connectivity index (χ2v) is 9.37. The van der Waals surface area contributed by atoms with Crippen molar-refractivity contribution in [2.45, 2.75) is 32.1 Å². The van der Waals surface area contributed by atoms with Crippen LogP contribution < -0.4 is 15.1 Å². The molecule has 0 saturated carbocycles. The number of hydrogen-bond acceptors (Lipinski definition) is 6. The van der Waals surface area contributed by atoms with Crippen molar-refractivity contribution in [3.63, 3.8) is 0 Å². The SMILES string of the molecule is CC1(C)C(=O)N(c2ccc(C#N)c(C(F)(F)F)c2)C(=O)N1c1ccc(CNC(=O)c2cncs2)c(F)c1. The second-order valence-electron chi connectivity index (χ2n) is 8.48. The number of urea groups is 1. The predicted molar refractivity (Wildman–Crippen MR) is 125 cm³/mol. The first kappa shape index (κ1) is 25.8. The third-order valence-electron chi connectivity index (χ3n) is 5.75. The first-order valence-corrected chi connectivity index (χ1v) is 11.5. The van der Waals surface area contributed by atoms with Crippen LogP contribution in [0.25, 0.3) is 0 Å². The molecule has 0 atom stereocenters. The number of nitriles is 1. The van der Waals surface area contributed by atoms with Gasteiger partial charge in [-0.3, -0.25) is 19.5 Å². The summed E-state index contributed by atoms with van der Waals surface area (Å²) in [6, 6.07) is 6.66. The van der Waals surface area contributed by atoms with Crippen LogP contribution in [0.15, 0.2) is 48.1 Å². The summed E-state index contributed by atoms with van der Waals surface area (Å²) >= 11 is 1.12. The average Bonchev–Trinajstić information content (AvgIpc) is 3.43. The van der Waals surface area contributed by atoms with Gasteiger partial charge in [0.15, 0.2) is 0 Å². The lowest BCUT2D eigenvalue weighted by molar-refractivity contribution is -0.137. The van der Waals surface area contributed by atoms with Gasteiger partial charge in [0.25, 0.3) is 11.8 Å². The minimum atomic E-state index is -4.89. The van der Waals surface area contributed by atoms with Gasteiger partial charge in [0.1, 0.15) is 16.2 Å². The highest BCUT2D eigenvalue weighted by Crippen LogP contribution is 2.39. The van der Waals surface area contributed by atoms with Crippen LogP contribution in [0.2, 0.25) is 0 Å². The Morgan fingerprint density at radius 1 is 1.16 bits per heavy atom. The van der Waals surface area contributed by atoms with E-state index in [9.17, 15) is 31.9 Å². The summed E-state index contributed by atoms with van der Waals surface area (Å²) in [5.74, 6) is -2.05. The molecular weight excluding hydrogens is 514 g/mol. The van der Waals surface area contributed by atoms with Crippen LogP contribution in [-0.2, 0) is 17.5 Å². The van der Waals surface area contributed by atoms with Gasteiger partial charge in [-0.05, 0) is 44.2 Å². The zero-order valence-electron chi connectivity index (χ0n) is 19.3. The highest BCUT2D eigenvalue weighted by Gasteiger charge is 2.53. The first-order chi connectivity index (χ1) is 17.4. The number of carbonyl (C=O) groups is 3. The van der Waals surface area contributed by atoms with Gasteiger partial charge < -0.3 is 5.32 Å². The molecule has 1 aliphatic rings. The van der Waals surface area contributed by atoms with E-state index < -0.39 is 46.5 Å². The number of alkyl halides is 3. The van der Waals surface area contributed by atoms with E-state index in [1.165, 1.54) is 43.8 Å². The number of carbonyl (C=O) groups excluding carboxylic acids is 3. The molecule has 1 saturated heterocycles. The Morgan fingerprint density at radius 3 is 2.46 bits per heavy atom. The largest absolute Gasteiger partial charge is 0.417 e. The number of aromatic nitrogens is 1. The first-order valence-electron chi connectivity index (χ1n) is 10.6. The van der Waals surface area contributed by atoms with Crippen molar-refractivity contribution in [3.8, 4) is 6.07 Å². The number of nitrogens with one attached hydrogen (secondary N) is 1. The maximum Gasteiger partial charge on any atom is 0.417 e. The van der Waals surface area contributed by atoms with Gasteiger partial charge in [0.2, 0.25) is 0 Å². The van der Waals surface area contributed by atoms with Gasteiger partial charge in [-0.2, -0.15) is 18.4 Å². The molecule has 1 aromatic heterocycles. The van der Waals surface area contributed by atoms with Crippen molar-refractivity contribution in [3.05, 3.63) is 75.5 Å². The molecular formula is C24H17F4N5O3S. The standard InChI is InChI=1S/C24H17F4N5O3S/c1-23(2)21(35)32(15-5-3-13(9-29)17(7-15)24(26,27)28)22(36)33(23)16-6-4-14(18(25)8-16)10-31-20(34)19-11-30-12-37-19/h3-8,11-12H,10H2,1-2H3,(H,31,34). The molecule has 2 aromatic carbocycles. The van der Waals surface area contributed by atoms with Crippen molar-refractivity contribution >= 4 is 40.6 Å². The van der Waals surface area contributed by atoms with Gasteiger partial charge in [-0.15, -0.1) is 11.3 Å². The van der Waals surface area contributed by atoms with Crippen molar-refractivity contribution in [1.82, 2.24) is 10.3 Å². The number of thiazole rings is 1. The number of imide groups is 1. The normalized spacial score (nSPS) is 15.2. The van der Waals surface area contributed by atoms with Crippen LogP contribution in [0, 0.1) is 17.1 Å². The van der Waals surface area contributed by atoms with Crippen LogP contribution in [-0.4, -0.2) is 28.4 Å². The molecule has 37 heavy (non-hydrogen) atoms. The fourth-order valence-corrected chi connectivity index (χ4v) is 4.40. The molecule has 1 N–H and O–H groups in total. The van der Waals surface area contributed by atoms with E-state index in [0.29, 0.717) is 15.8 Å². The highest BCUT2D eigenvalue weighted by atomic mass is 32.1.